The van der Waals surface area contributed by atoms with Crippen LogP contribution in [0.15, 0.2) is 28.8 Å². The molecule has 2 aromatic rings. The number of para-hydroxylation sites is 2. The number of alkyl halides is 2. The Hall–Kier alpha value is -2.44. The summed E-state index contributed by atoms with van der Waals surface area (Å²) >= 11 is 0. The van der Waals surface area contributed by atoms with E-state index >= 15 is 0 Å². The Labute approximate surface area is 126 Å². The fourth-order valence-electron chi connectivity index (χ4n) is 2.08. The van der Waals surface area contributed by atoms with E-state index in [9.17, 15) is 13.6 Å². The lowest BCUT2D eigenvalue weighted by atomic mass is 10.1. The van der Waals surface area contributed by atoms with E-state index in [0.29, 0.717) is 12.2 Å². The van der Waals surface area contributed by atoms with Crippen molar-refractivity contribution in [2.75, 3.05) is 5.32 Å². The Kier molecular flexibility index (Phi) is 5.08. The maximum Gasteiger partial charge on any atom is 0.387 e. The van der Waals surface area contributed by atoms with Crippen LogP contribution in [0, 0.1) is 13.8 Å². The van der Waals surface area contributed by atoms with Crippen LogP contribution in [0.5, 0.6) is 5.75 Å². The first-order chi connectivity index (χ1) is 10.5. The summed E-state index contributed by atoms with van der Waals surface area (Å²) in [7, 11) is 0. The summed E-state index contributed by atoms with van der Waals surface area (Å²) in [6.07, 6.45) is 0.650. The summed E-state index contributed by atoms with van der Waals surface area (Å²) in [5, 5.41) is 6.38. The van der Waals surface area contributed by atoms with E-state index in [1.807, 2.05) is 0 Å². The molecule has 0 fully saturated rings. The van der Waals surface area contributed by atoms with Gasteiger partial charge >= 0.3 is 6.61 Å². The van der Waals surface area contributed by atoms with Crippen molar-refractivity contribution < 1.29 is 22.8 Å². The molecule has 1 aromatic heterocycles. The molecule has 0 aliphatic carbocycles. The minimum atomic E-state index is -2.94. The molecule has 0 aliphatic heterocycles. The number of anilines is 1. The normalized spacial score (nSPS) is 10.8. The third-order valence-corrected chi connectivity index (χ3v) is 3.16. The van der Waals surface area contributed by atoms with Gasteiger partial charge in [-0.05, 0) is 32.4 Å². The maximum absolute atomic E-state index is 12.3. The van der Waals surface area contributed by atoms with E-state index in [2.05, 4.69) is 15.2 Å². The Balaban J connectivity index is 1.98. The lowest BCUT2D eigenvalue weighted by Gasteiger charge is -2.11. The predicted molar refractivity (Wildman–Crippen MR) is 76.0 cm³/mol. The summed E-state index contributed by atoms with van der Waals surface area (Å²) in [5.41, 5.74) is 1.84. The molecule has 0 saturated carbocycles. The molecule has 1 aromatic carbocycles. The van der Waals surface area contributed by atoms with Gasteiger partial charge in [0.2, 0.25) is 5.91 Å². The lowest BCUT2D eigenvalue weighted by Crippen LogP contribution is -2.14. The molecule has 0 radical (unpaired) electrons. The number of nitrogens with zero attached hydrogens (tertiary/aromatic N) is 1. The number of benzene rings is 1. The number of hydrogen-bond donors (Lipinski definition) is 1. The van der Waals surface area contributed by atoms with Crippen LogP contribution < -0.4 is 10.1 Å². The number of carbonyl (C=O) groups is 1. The van der Waals surface area contributed by atoms with Gasteiger partial charge in [-0.25, -0.2) is 0 Å². The summed E-state index contributed by atoms with van der Waals surface area (Å²) in [4.78, 5) is 12.0. The van der Waals surface area contributed by atoms with Gasteiger partial charge in [0.1, 0.15) is 11.5 Å². The van der Waals surface area contributed by atoms with Crippen molar-refractivity contribution in [3.8, 4) is 5.75 Å². The highest BCUT2D eigenvalue weighted by Crippen LogP contribution is 2.25. The molecule has 0 atom stereocenters. The lowest BCUT2D eigenvalue weighted by molar-refractivity contribution is -0.116. The minimum absolute atomic E-state index is 0.0665. The highest BCUT2D eigenvalue weighted by molar-refractivity contribution is 5.92. The molecular formula is C15H16F2N2O3. The molecule has 0 bridgehead atoms. The van der Waals surface area contributed by atoms with Crippen molar-refractivity contribution >= 4 is 11.6 Å². The van der Waals surface area contributed by atoms with Crippen LogP contribution in [-0.2, 0) is 11.2 Å². The minimum Gasteiger partial charge on any atom is -0.433 e. The molecule has 0 unspecified atom stereocenters. The van der Waals surface area contributed by atoms with Gasteiger partial charge in [-0.1, -0.05) is 17.3 Å². The molecule has 1 heterocycles. The smallest absolute Gasteiger partial charge is 0.387 e. The van der Waals surface area contributed by atoms with Crippen LogP contribution in [0.1, 0.15) is 23.4 Å². The largest absolute Gasteiger partial charge is 0.433 e. The average molecular weight is 310 g/mol. The topological polar surface area (TPSA) is 64.4 Å². The number of amides is 1. The predicted octanol–water partition coefficient (Wildman–Crippen LogP) is 3.46. The number of carbonyl (C=O) groups excluding carboxylic acids is 1. The summed E-state index contributed by atoms with van der Waals surface area (Å²) in [6, 6.07) is 6.06. The zero-order chi connectivity index (χ0) is 16.1. The Morgan fingerprint density at radius 1 is 1.36 bits per heavy atom. The number of aromatic nitrogens is 1. The second kappa shape index (κ2) is 7.02. The summed E-state index contributed by atoms with van der Waals surface area (Å²) in [6.45, 7) is 0.634. The number of halogens is 2. The van der Waals surface area contributed by atoms with Gasteiger partial charge in [0.25, 0.3) is 0 Å². The Morgan fingerprint density at radius 2 is 2.09 bits per heavy atom. The van der Waals surface area contributed by atoms with Gasteiger partial charge in [0.15, 0.2) is 0 Å². The van der Waals surface area contributed by atoms with Crippen LogP contribution in [0.3, 0.4) is 0 Å². The summed E-state index contributed by atoms with van der Waals surface area (Å²) < 4.78 is 34.0. The van der Waals surface area contributed by atoms with Gasteiger partial charge in [0, 0.05) is 12.0 Å². The molecule has 1 N–H and O–H groups in total. The van der Waals surface area contributed by atoms with Crippen LogP contribution in [0.25, 0.3) is 0 Å². The molecule has 0 aliphatic rings. The third-order valence-electron chi connectivity index (χ3n) is 3.16. The number of nitrogens with one attached hydrogen (secondary N) is 1. The second-order valence-electron chi connectivity index (χ2n) is 4.73. The highest BCUT2D eigenvalue weighted by Gasteiger charge is 2.14. The van der Waals surface area contributed by atoms with Gasteiger partial charge in [-0.2, -0.15) is 8.78 Å². The molecule has 0 spiro atoms. The van der Waals surface area contributed by atoms with Gasteiger partial charge in [-0.15, -0.1) is 0 Å². The SMILES string of the molecule is Cc1noc(C)c1CCC(=O)Nc1ccccc1OC(F)F. The first-order valence-corrected chi connectivity index (χ1v) is 6.73. The van der Waals surface area contributed by atoms with E-state index < -0.39 is 6.61 Å². The number of rotatable bonds is 6. The van der Waals surface area contributed by atoms with Gasteiger partial charge < -0.3 is 14.6 Å². The van der Waals surface area contributed by atoms with Crippen LogP contribution in [0.2, 0.25) is 0 Å². The van der Waals surface area contributed by atoms with E-state index in [1.165, 1.54) is 12.1 Å². The number of hydrogen-bond acceptors (Lipinski definition) is 4. The first kappa shape index (κ1) is 15.9. The fourth-order valence-corrected chi connectivity index (χ4v) is 2.08. The molecule has 1 amide bonds. The van der Waals surface area contributed by atoms with E-state index in [-0.39, 0.29) is 23.8 Å². The molecule has 5 nitrogen and oxygen atoms in total. The van der Waals surface area contributed by atoms with Crippen molar-refractivity contribution in [1.82, 2.24) is 5.16 Å². The number of ether oxygens (including phenoxy) is 1. The maximum atomic E-state index is 12.3. The zero-order valence-corrected chi connectivity index (χ0v) is 12.2. The standard InChI is InChI=1S/C15H16F2N2O3/c1-9-11(10(2)22-19-9)7-8-14(20)18-12-5-3-4-6-13(12)21-15(16)17/h3-6,15H,7-8H2,1-2H3,(H,18,20). The van der Waals surface area contributed by atoms with Crippen molar-refractivity contribution in [3.05, 3.63) is 41.3 Å². The van der Waals surface area contributed by atoms with Crippen LogP contribution >= 0.6 is 0 Å². The average Bonchev–Trinajstić information content (AvgIpc) is 2.77. The molecule has 2 rings (SSSR count). The van der Waals surface area contributed by atoms with Crippen LogP contribution in [0.4, 0.5) is 14.5 Å². The van der Waals surface area contributed by atoms with Gasteiger partial charge in [-0.3, -0.25) is 4.79 Å². The monoisotopic (exact) mass is 310 g/mol. The van der Waals surface area contributed by atoms with Crippen molar-refractivity contribution in [2.45, 2.75) is 33.3 Å². The third kappa shape index (κ3) is 4.03. The first-order valence-electron chi connectivity index (χ1n) is 6.73. The van der Waals surface area contributed by atoms with E-state index in [1.54, 1.807) is 26.0 Å². The number of aryl methyl sites for hydroxylation is 2. The Morgan fingerprint density at radius 3 is 2.73 bits per heavy atom. The summed E-state index contributed by atoms with van der Waals surface area (Å²) in [5.74, 6) is 0.306. The van der Waals surface area contributed by atoms with Crippen molar-refractivity contribution in [1.29, 1.82) is 0 Å². The van der Waals surface area contributed by atoms with E-state index in [0.717, 1.165) is 11.3 Å². The zero-order valence-electron chi connectivity index (χ0n) is 12.2. The quantitative estimate of drug-likeness (QED) is 0.887. The Bertz CT molecular complexity index is 636. The van der Waals surface area contributed by atoms with E-state index in [4.69, 9.17) is 4.52 Å². The highest BCUT2D eigenvalue weighted by atomic mass is 19.3. The molecule has 7 heteroatoms. The molecular weight excluding hydrogens is 294 g/mol. The van der Waals surface area contributed by atoms with Crippen LogP contribution in [-0.4, -0.2) is 17.7 Å². The van der Waals surface area contributed by atoms with Crippen molar-refractivity contribution in [3.63, 3.8) is 0 Å². The molecule has 118 valence electrons. The molecule has 0 saturated heterocycles. The second-order valence-corrected chi connectivity index (χ2v) is 4.73. The van der Waals surface area contributed by atoms with Crippen molar-refractivity contribution in [2.24, 2.45) is 0 Å². The fraction of sp³-hybridized carbons (Fsp3) is 0.333. The van der Waals surface area contributed by atoms with Gasteiger partial charge in [0.05, 0.1) is 11.4 Å². The molecule has 22 heavy (non-hydrogen) atoms.